The van der Waals surface area contributed by atoms with Crippen LogP contribution in [-0.4, -0.2) is 16.6 Å². The van der Waals surface area contributed by atoms with Crippen LogP contribution in [0, 0.1) is 0 Å². The summed E-state index contributed by atoms with van der Waals surface area (Å²) in [5.41, 5.74) is 1.98. The van der Waals surface area contributed by atoms with E-state index in [9.17, 15) is 9.59 Å². The van der Waals surface area contributed by atoms with Gasteiger partial charge in [0.1, 0.15) is 0 Å². The largest absolute Gasteiger partial charge is 0.290 e. The summed E-state index contributed by atoms with van der Waals surface area (Å²) in [7, 11) is 0. The van der Waals surface area contributed by atoms with Crippen molar-refractivity contribution in [1.29, 1.82) is 0 Å². The number of carbonyl (C=O) groups is 2. The highest BCUT2D eigenvalue weighted by atomic mass is 16.1. The third-order valence-corrected chi connectivity index (χ3v) is 2.44. The quantitative estimate of drug-likeness (QED) is 0.702. The van der Waals surface area contributed by atoms with Crippen LogP contribution in [0.15, 0.2) is 47.8 Å². The second kappa shape index (κ2) is 4.23. The van der Waals surface area contributed by atoms with Gasteiger partial charge < -0.3 is 0 Å². The molecule has 1 aromatic rings. The zero-order chi connectivity index (χ0) is 11.5. The number of carbonyl (C=O) groups excluding carboxylic acids is 2. The highest BCUT2D eigenvalue weighted by Gasteiger charge is 2.18. The summed E-state index contributed by atoms with van der Waals surface area (Å²) < 4.78 is 0. The number of nitrogens with zero attached hydrogens (tertiary/aromatic N) is 1. The van der Waals surface area contributed by atoms with E-state index in [1.54, 1.807) is 19.3 Å². The Hall–Kier alpha value is -2.03. The third kappa shape index (κ3) is 2.14. The van der Waals surface area contributed by atoms with Crippen molar-refractivity contribution in [2.45, 2.75) is 13.3 Å². The monoisotopic (exact) mass is 213 g/mol. The molecule has 16 heavy (non-hydrogen) atoms. The van der Waals surface area contributed by atoms with Crippen molar-refractivity contribution in [2.75, 3.05) is 0 Å². The Morgan fingerprint density at radius 3 is 2.75 bits per heavy atom. The molecule has 1 aliphatic rings. The molecule has 80 valence electrons. The molecular weight excluding hydrogens is 202 g/mol. The van der Waals surface area contributed by atoms with E-state index in [0.717, 1.165) is 5.56 Å². The van der Waals surface area contributed by atoms with E-state index in [1.807, 2.05) is 12.1 Å². The van der Waals surface area contributed by atoms with Crippen molar-refractivity contribution >= 4 is 11.6 Å². The van der Waals surface area contributed by atoms with E-state index in [4.69, 9.17) is 0 Å². The van der Waals surface area contributed by atoms with E-state index in [2.05, 4.69) is 4.98 Å². The normalized spacial score (nSPS) is 15.8. The number of pyridine rings is 1. The summed E-state index contributed by atoms with van der Waals surface area (Å²) in [5, 5.41) is 0. The molecule has 0 radical (unpaired) electrons. The molecule has 0 atom stereocenters. The highest BCUT2D eigenvalue weighted by Crippen LogP contribution is 2.16. The van der Waals surface area contributed by atoms with Gasteiger partial charge in [0.25, 0.3) is 0 Å². The number of rotatable bonds is 2. The van der Waals surface area contributed by atoms with Crippen molar-refractivity contribution in [3.63, 3.8) is 0 Å². The van der Waals surface area contributed by atoms with E-state index in [0.29, 0.717) is 17.6 Å². The number of allylic oxidation sites excluding steroid dienone is 4. The van der Waals surface area contributed by atoms with Crippen LogP contribution < -0.4 is 0 Å². The standard InChI is InChI=1S/C13H11NO2/c1-9-5-12(15)7-11(13(9)16)6-10-3-2-4-14-8-10/h2-5,7-8H,6H2,1H3. The second-order valence-corrected chi connectivity index (χ2v) is 3.77. The Morgan fingerprint density at radius 2 is 2.06 bits per heavy atom. The Morgan fingerprint density at radius 1 is 1.25 bits per heavy atom. The lowest BCUT2D eigenvalue weighted by atomic mass is 9.93. The smallest absolute Gasteiger partial charge is 0.185 e. The molecule has 3 heteroatoms. The Balaban J connectivity index is 2.23. The maximum atomic E-state index is 11.8. The first-order chi connectivity index (χ1) is 7.66. The summed E-state index contributed by atoms with van der Waals surface area (Å²) in [6.07, 6.45) is 6.62. The zero-order valence-corrected chi connectivity index (χ0v) is 8.93. The Bertz CT molecular complexity index is 498. The fourth-order valence-electron chi connectivity index (χ4n) is 1.67. The lowest BCUT2D eigenvalue weighted by molar-refractivity contribution is -0.115. The molecule has 0 spiro atoms. The van der Waals surface area contributed by atoms with E-state index in [1.165, 1.54) is 12.2 Å². The molecule has 0 N–H and O–H groups in total. The first kappa shape index (κ1) is 10.5. The molecule has 0 saturated heterocycles. The molecule has 1 heterocycles. The third-order valence-electron chi connectivity index (χ3n) is 2.44. The van der Waals surface area contributed by atoms with E-state index in [-0.39, 0.29) is 11.6 Å². The summed E-state index contributed by atoms with van der Waals surface area (Å²) in [6, 6.07) is 3.70. The summed E-state index contributed by atoms with van der Waals surface area (Å²) >= 11 is 0. The lowest BCUT2D eigenvalue weighted by Gasteiger charge is -2.10. The average Bonchev–Trinajstić information content (AvgIpc) is 2.27. The van der Waals surface area contributed by atoms with Crippen LogP contribution in [0.4, 0.5) is 0 Å². The molecular formula is C13H11NO2. The van der Waals surface area contributed by atoms with Gasteiger partial charge in [-0.25, -0.2) is 0 Å². The number of hydrogen-bond donors (Lipinski definition) is 0. The van der Waals surface area contributed by atoms with Crippen molar-refractivity contribution in [3.05, 3.63) is 53.4 Å². The van der Waals surface area contributed by atoms with Gasteiger partial charge in [0.15, 0.2) is 11.6 Å². The summed E-state index contributed by atoms with van der Waals surface area (Å²) in [4.78, 5) is 27.0. The molecule has 3 nitrogen and oxygen atoms in total. The van der Waals surface area contributed by atoms with Crippen molar-refractivity contribution < 1.29 is 9.59 Å². The number of ketones is 2. The molecule has 0 saturated carbocycles. The van der Waals surface area contributed by atoms with Crippen molar-refractivity contribution in [1.82, 2.24) is 4.98 Å². The second-order valence-electron chi connectivity index (χ2n) is 3.77. The van der Waals surface area contributed by atoms with Crippen LogP contribution in [0.1, 0.15) is 12.5 Å². The van der Waals surface area contributed by atoms with Gasteiger partial charge in [-0.3, -0.25) is 14.6 Å². The van der Waals surface area contributed by atoms with Gasteiger partial charge in [-0.15, -0.1) is 0 Å². The van der Waals surface area contributed by atoms with Crippen LogP contribution in [0.3, 0.4) is 0 Å². The maximum Gasteiger partial charge on any atom is 0.185 e. The Labute approximate surface area is 93.5 Å². The van der Waals surface area contributed by atoms with Crippen LogP contribution in [0.2, 0.25) is 0 Å². The molecule has 0 bridgehead atoms. The number of hydrogen-bond acceptors (Lipinski definition) is 3. The highest BCUT2D eigenvalue weighted by molar-refractivity contribution is 6.20. The predicted molar refractivity (Wildman–Crippen MR) is 59.8 cm³/mol. The lowest BCUT2D eigenvalue weighted by Crippen LogP contribution is -2.14. The van der Waals surface area contributed by atoms with Gasteiger partial charge in [0.2, 0.25) is 0 Å². The zero-order valence-electron chi connectivity index (χ0n) is 8.93. The number of Topliss-reactive ketones (excluding diaryl/α,β-unsaturated/α-hetero) is 1. The SMILES string of the molecule is CC1=CC(=O)C=C(Cc2cccnc2)C1=O. The number of aromatic nitrogens is 1. The minimum atomic E-state index is -0.115. The minimum Gasteiger partial charge on any atom is -0.290 e. The molecule has 0 amide bonds. The van der Waals surface area contributed by atoms with E-state index < -0.39 is 0 Å². The first-order valence-electron chi connectivity index (χ1n) is 5.03. The maximum absolute atomic E-state index is 11.8. The molecule has 0 unspecified atom stereocenters. The molecule has 2 rings (SSSR count). The van der Waals surface area contributed by atoms with Crippen LogP contribution in [-0.2, 0) is 16.0 Å². The van der Waals surface area contributed by atoms with Gasteiger partial charge in [0, 0.05) is 30.0 Å². The van der Waals surface area contributed by atoms with Crippen LogP contribution in [0.5, 0.6) is 0 Å². The molecule has 1 aliphatic carbocycles. The van der Waals surface area contributed by atoms with Crippen molar-refractivity contribution in [3.8, 4) is 0 Å². The fourth-order valence-corrected chi connectivity index (χ4v) is 1.67. The predicted octanol–water partition coefficient (Wildman–Crippen LogP) is 1.65. The minimum absolute atomic E-state index is 0.0524. The molecule has 0 fully saturated rings. The molecule has 0 aromatic carbocycles. The van der Waals surface area contributed by atoms with Crippen LogP contribution in [0.25, 0.3) is 0 Å². The average molecular weight is 213 g/mol. The topological polar surface area (TPSA) is 47.0 Å². The molecule has 0 aliphatic heterocycles. The van der Waals surface area contributed by atoms with Gasteiger partial charge in [-0.1, -0.05) is 6.07 Å². The van der Waals surface area contributed by atoms with Gasteiger partial charge >= 0.3 is 0 Å². The first-order valence-corrected chi connectivity index (χ1v) is 5.03. The van der Waals surface area contributed by atoms with Gasteiger partial charge in [-0.05, 0) is 30.7 Å². The van der Waals surface area contributed by atoms with Crippen molar-refractivity contribution in [2.24, 2.45) is 0 Å². The van der Waals surface area contributed by atoms with Gasteiger partial charge in [-0.2, -0.15) is 0 Å². The summed E-state index contributed by atoms with van der Waals surface area (Å²) in [5.74, 6) is -0.167. The Kier molecular flexibility index (Phi) is 2.77. The fraction of sp³-hybridized carbons (Fsp3) is 0.154. The summed E-state index contributed by atoms with van der Waals surface area (Å²) in [6.45, 7) is 1.66. The van der Waals surface area contributed by atoms with E-state index >= 15 is 0 Å². The van der Waals surface area contributed by atoms with Crippen LogP contribution >= 0.6 is 0 Å². The molecule has 1 aromatic heterocycles. The van der Waals surface area contributed by atoms with Gasteiger partial charge in [0.05, 0.1) is 0 Å².